The number of imidazole rings is 3. The summed E-state index contributed by atoms with van der Waals surface area (Å²) in [5.74, 6) is 2.73. The quantitative estimate of drug-likeness (QED) is 0.0304. The number of rotatable bonds is 9. The molecule has 9 aromatic heterocycles. The van der Waals surface area contributed by atoms with E-state index in [1.54, 1.807) is 43.2 Å². The molecule has 2 amide bonds. The number of anilines is 3. The fourth-order valence-electron chi connectivity index (χ4n) is 15.1. The van der Waals surface area contributed by atoms with Crippen molar-refractivity contribution < 1.29 is 48.6 Å². The van der Waals surface area contributed by atoms with Crippen LogP contribution in [0, 0.1) is 25.9 Å². The Morgan fingerprint density at radius 1 is 0.519 bits per heavy atom. The molecule has 554 valence electrons. The summed E-state index contributed by atoms with van der Waals surface area (Å²) >= 11 is 41.1. The third-order valence-electron chi connectivity index (χ3n) is 20.1. The largest absolute Gasteiger partial charge is 1.00 e. The van der Waals surface area contributed by atoms with E-state index in [4.69, 9.17) is 94.8 Å². The number of nitrogens with one attached hydrogen (secondary N) is 2. The maximum Gasteiger partial charge on any atom is 1.00 e. The average Bonchev–Trinajstić information content (AvgIpc) is 1.51. The summed E-state index contributed by atoms with van der Waals surface area (Å²) < 4.78 is 18.0. The van der Waals surface area contributed by atoms with Crippen LogP contribution in [0.2, 0.25) is 30.5 Å². The first-order valence-electron chi connectivity index (χ1n) is 34.1. The zero-order chi connectivity index (χ0) is 71.4. The Hall–Kier alpha value is -4.27. The summed E-state index contributed by atoms with van der Waals surface area (Å²) in [7, 11) is 0. The monoisotopic (exact) mass is 1710 g/mol. The van der Waals surface area contributed by atoms with Crippen molar-refractivity contribution in [2.24, 2.45) is 22.0 Å². The Morgan fingerprint density at radius 3 is 1.32 bits per heavy atom. The van der Waals surface area contributed by atoms with Gasteiger partial charge in [0.15, 0.2) is 11.3 Å². The zero-order valence-electron chi connectivity index (χ0n) is 58.6. The van der Waals surface area contributed by atoms with Gasteiger partial charge in [-0.25, -0.2) is 44.5 Å². The van der Waals surface area contributed by atoms with Gasteiger partial charge in [0.1, 0.15) is 26.7 Å². The minimum Gasteiger partial charge on any atom is -0.813 e. The number of nitrogens with two attached hydrogens (primary N) is 1. The number of aromatic nitrogens is 12. The molecule has 0 unspecified atom stereocenters. The van der Waals surface area contributed by atoms with Crippen LogP contribution in [0.4, 0.5) is 27.4 Å². The predicted octanol–water partition coefficient (Wildman–Crippen LogP) is 14.5. The number of fused-ring (bicyclic) bond motifs is 3. The number of piperidine rings is 3. The first-order chi connectivity index (χ1) is 48.3. The van der Waals surface area contributed by atoms with Crippen molar-refractivity contribution in [2.45, 2.75) is 194 Å². The van der Waals surface area contributed by atoms with Gasteiger partial charge in [0, 0.05) is 139 Å². The number of hydrogen-bond donors (Lipinski definition) is 3. The van der Waals surface area contributed by atoms with Gasteiger partial charge in [-0.2, -0.15) is 0 Å². The van der Waals surface area contributed by atoms with Crippen LogP contribution in [0.5, 0.6) is 0 Å². The maximum absolute atomic E-state index is 12.5. The van der Waals surface area contributed by atoms with Crippen LogP contribution in [-0.4, -0.2) is 139 Å². The minimum atomic E-state index is -0.500. The number of alkyl carbamates (subject to hydrolysis) is 2. The molecule has 33 heteroatoms. The van der Waals surface area contributed by atoms with Crippen molar-refractivity contribution in [3.63, 3.8) is 0 Å². The van der Waals surface area contributed by atoms with E-state index in [1.807, 2.05) is 99.7 Å². The standard InChI is InChI=1S/C25H30Cl2N6O2S.C20H22Cl2N6S.C20H28N5O2.C5H2Cl2IN.CH4.Na.H2S/c1-24(2,3)35-23(34)31-18-5-4-7-25(18)8-12-32(13-9-25)22-30-15-17(21-29-11-14-33(21)22)36-16-6-10-28-20(27)19(16)26;21-16-13(3-7-24-17(16)22)29-14-12-26-19(28-11-8-25-18(14)28)27-9-5-20(6-10-27)4-1-2-15(20)23;1-19(2,3)27-18(26)23-15-5-4-7-20(15)8-12-24(13-9-20)17-22-10-6-16-21-11-14-25(16)17;6-4-3(8)1-2-9-5(4)7;;;/h6,10-11,14-15,18H,4-5,7-9,12-13H2,1-3H3,(H,31,34);3,7-8,11-12,15H,1-2,4-6,9-10,23H2;10-11,14-15H,4-5,7-9,12-13H2,1-3H3,(H,23,26);1-2H;1H4;;1H2/q;;-1;;;+1;/p-1/t18-;2*15-;;;;/m111..../s1. The van der Waals surface area contributed by atoms with Crippen molar-refractivity contribution in [2.75, 3.05) is 54.0 Å². The molecular formula is C71H87Cl6IN18NaO4S3-. The molecule has 0 radical (unpaired) electrons. The van der Waals surface area contributed by atoms with E-state index in [-0.39, 0.29) is 90.7 Å². The molecule has 3 saturated carbocycles. The molecule has 9 aromatic rings. The molecule has 3 aliphatic heterocycles. The maximum atomic E-state index is 12.5. The van der Waals surface area contributed by atoms with Crippen molar-refractivity contribution in [1.29, 1.82) is 0 Å². The van der Waals surface area contributed by atoms with Crippen LogP contribution in [0.15, 0.2) is 112 Å². The molecule has 0 bridgehead atoms. The molecule has 104 heavy (non-hydrogen) atoms. The number of pyridine rings is 3. The molecule has 3 spiro atoms. The molecule has 3 aliphatic carbocycles. The number of carbonyl (C=O) groups excluding carboxylic acids is 2. The average molecular weight is 1720 g/mol. The van der Waals surface area contributed by atoms with Crippen molar-refractivity contribution in [3.05, 3.63) is 133 Å². The van der Waals surface area contributed by atoms with E-state index < -0.39 is 11.2 Å². The second-order valence-corrected chi connectivity index (χ2v) is 34.1. The molecular weight excluding hydrogens is 1630 g/mol. The fraction of sp³-hybridized carbons (Fsp3) is 0.507. The molecule has 3 atom stereocenters. The van der Waals surface area contributed by atoms with Gasteiger partial charge in [0.2, 0.25) is 17.8 Å². The van der Waals surface area contributed by atoms with Gasteiger partial charge in [0.05, 0.1) is 24.9 Å². The van der Waals surface area contributed by atoms with E-state index >= 15 is 0 Å². The van der Waals surface area contributed by atoms with Gasteiger partial charge < -0.3 is 64.5 Å². The van der Waals surface area contributed by atoms with E-state index in [0.717, 1.165) is 181 Å². The van der Waals surface area contributed by atoms with E-state index in [1.165, 1.54) is 36.4 Å². The van der Waals surface area contributed by atoms with Gasteiger partial charge in [-0.15, -0.1) is 6.20 Å². The number of hydrogen-bond acceptors (Lipinski definition) is 20. The van der Waals surface area contributed by atoms with Gasteiger partial charge in [0.25, 0.3) is 0 Å². The third-order valence-corrected chi connectivity index (χ3v) is 26.0. The normalized spacial score (nSPS) is 19.4. The van der Waals surface area contributed by atoms with Crippen molar-refractivity contribution >= 4 is 176 Å². The summed E-state index contributed by atoms with van der Waals surface area (Å²) in [4.78, 5) is 74.6. The van der Waals surface area contributed by atoms with E-state index in [2.05, 4.69) is 93.3 Å². The van der Waals surface area contributed by atoms with Gasteiger partial charge in [-0.3, -0.25) is 18.8 Å². The molecule has 12 heterocycles. The van der Waals surface area contributed by atoms with Crippen LogP contribution >= 0.6 is 116 Å². The molecule has 6 fully saturated rings. The number of amides is 2. The number of nitrogens with zero attached hydrogens (tertiary/aromatic N) is 15. The first-order valence-corrected chi connectivity index (χ1v) is 39.0. The Bertz CT molecular complexity index is 4390. The number of halogens is 7. The minimum absolute atomic E-state index is 0. The smallest absolute Gasteiger partial charge is 0.813 e. The Balaban J connectivity index is 0.000000169. The molecule has 6 aliphatic rings. The Morgan fingerprint density at radius 2 is 0.904 bits per heavy atom. The summed E-state index contributed by atoms with van der Waals surface area (Å²) in [5, 5.41) is 8.67. The second kappa shape index (κ2) is 36.1. The van der Waals surface area contributed by atoms with Crippen LogP contribution in [-0.2, 0) is 23.0 Å². The topological polar surface area (TPSA) is 242 Å². The van der Waals surface area contributed by atoms with Gasteiger partial charge in [-0.05, 0) is 181 Å². The van der Waals surface area contributed by atoms with E-state index in [0.29, 0.717) is 36.8 Å². The van der Waals surface area contributed by atoms with Gasteiger partial charge in [-0.1, -0.05) is 120 Å². The van der Waals surface area contributed by atoms with Crippen LogP contribution in [0.25, 0.3) is 16.9 Å². The van der Waals surface area contributed by atoms with Gasteiger partial charge >= 0.3 is 41.7 Å². The molecule has 22 nitrogen and oxygen atoms in total. The molecule has 4 N–H and O–H groups in total. The first kappa shape index (κ1) is 83.8. The summed E-state index contributed by atoms with van der Waals surface area (Å²) in [6.07, 6.45) is 37.6. The Labute approximate surface area is 689 Å². The summed E-state index contributed by atoms with van der Waals surface area (Å²) in [5.41, 5.74) is 8.56. The van der Waals surface area contributed by atoms with E-state index in [9.17, 15) is 9.59 Å². The number of ether oxygens (including phenoxy) is 2. The van der Waals surface area contributed by atoms with Crippen LogP contribution < -0.4 is 60.6 Å². The summed E-state index contributed by atoms with van der Waals surface area (Å²) in [6, 6.07) is 9.23. The zero-order valence-corrected chi connectivity index (χ0v) is 69.8. The fourth-order valence-corrected chi connectivity index (χ4v) is 18.6. The van der Waals surface area contributed by atoms with Crippen molar-refractivity contribution in [1.82, 2.24) is 68.7 Å². The molecule has 15 rings (SSSR count). The molecule has 3 saturated heterocycles. The third kappa shape index (κ3) is 19.5. The summed E-state index contributed by atoms with van der Waals surface area (Å²) in [6.45, 7) is 16.9. The second-order valence-electron chi connectivity index (χ2n) is 28.6. The van der Waals surface area contributed by atoms with Crippen molar-refractivity contribution in [3.8, 4) is 0 Å². The van der Waals surface area contributed by atoms with Crippen LogP contribution in [0.1, 0.15) is 145 Å². The number of thiol groups is 1. The molecule has 0 aromatic carbocycles. The van der Waals surface area contributed by atoms with Crippen LogP contribution in [0.3, 0.4) is 0 Å². The number of carbonyl (C=O) groups is 2. The Kier molecular flexibility index (Phi) is 29.0. The predicted molar refractivity (Wildman–Crippen MR) is 425 cm³/mol. The SMILES string of the molecule is C.CC(C)(C)OC(=O)N[C@@H]1CCCC12CCN(c1nc[c-]c3nccn13)CC2.CC(C)(C)OC(=O)N[C@@H]1CCCC12CCN(c1ncc(Sc3ccnc(Cl)c3Cl)c3nccn13)CC2.Clc1nccc(I)c1Cl.N[C@@H]1CCCC12CCN(c1ncc(Sc3ccnc(Cl)c3Cl)c3nccn13)CC2.[Na+].[SH-].